The van der Waals surface area contributed by atoms with Gasteiger partial charge in [0.1, 0.15) is 11.5 Å². The smallest absolute Gasteiger partial charge is 0.274 e. The molecular formula is C15H18N4O2. The molecular weight excluding hydrogens is 268 g/mol. The summed E-state index contributed by atoms with van der Waals surface area (Å²) >= 11 is 0. The number of amides is 1. The second-order valence-electron chi connectivity index (χ2n) is 5.25. The summed E-state index contributed by atoms with van der Waals surface area (Å²) in [6.45, 7) is 5.19. The van der Waals surface area contributed by atoms with E-state index in [4.69, 9.17) is 4.42 Å². The van der Waals surface area contributed by atoms with E-state index in [0.717, 1.165) is 25.4 Å². The van der Waals surface area contributed by atoms with Crippen molar-refractivity contribution in [3.05, 3.63) is 48.4 Å². The Bertz CT molecular complexity index is 585. The van der Waals surface area contributed by atoms with Gasteiger partial charge in [-0.2, -0.15) is 0 Å². The molecule has 0 radical (unpaired) electrons. The minimum atomic E-state index is -0.0479. The first-order valence-corrected chi connectivity index (χ1v) is 7.06. The van der Waals surface area contributed by atoms with Crippen LogP contribution in [0.4, 0.5) is 0 Å². The molecule has 3 heterocycles. The minimum absolute atomic E-state index is 0.0479. The van der Waals surface area contributed by atoms with Gasteiger partial charge >= 0.3 is 0 Å². The summed E-state index contributed by atoms with van der Waals surface area (Å²) in [7, 11) is 0. The fraction of sp³-hybridized carbons (Fsp3) is 0.400. The molecule has 1 atom stereocenters. The molecule has 0 bridgehead atoms. The third-order valence-corrected chi connectivity index (χ3v) is 3.71. The number of hydrogen-bond donors (Lipinski definition) is 0. The molecule has 21 heavy (non-hydrogen) atoms. The van der Waals surface area contributed by atoms with Crippen LogP contribution in [0, 0.1) is 0 Å². The van der Waals surface area contributed by atoms with Crippen molar-refractivity contribution in [1.29, 1.82) is 0 Å². The first kappa shape index (κ1) is 13.8. The Hall–Kier alpha value is -2.21. The van der Waals surface area contributed by atoms with Crippen molar-refractivity contribution in [3.63, 3.8) is 0 Å². The first-order chi connectivity index (χ1) is 10.2. The van der Waals surface area contributed by atoms with Crippen LogP contribution in [0.2, 0.25) is 0 Å². The van der Waals surface area contributed by atoms with Crippen molar-refractivity contribution in [2.45, 2.75) is 19.5 Å². The van der Waals surface area contributed by atoms with Crippen molar-refractivity contribution >= 4 is 5.91 Å². The van der Waals surface area contributed by atoms with Crippen LogP contribution in [0.3, 0.4) is 0 Å². The molecule has 6 nitrogen and oxygen atoms in total. The van der Waals surface area contributed by atoms with E-state index in [9.17, 15) is 4.79 Å². The van der Waals surface area contributed by atoms with Crippen LogP contribution < -0.4 is 0 Å². The van der Waals surface area contributed by atoms with Crippen molar-refractivity contribution in [2.75, 3.05) is 19.6 Å². The van der Waals surface area contributed by atoms with Gasteiger partial charge in [-0.1, -0.05) is 0 Å². The second-order valence-corrected chi connectivity index (χ2v) is 5.25. The number of carbonyl (C=O) groups is 1. The lowest BCUT2D eigenvalue weighted by Gasteiger charge is -2.39. The second kappa shape index (κ2) is 6.05. The van der Waals surface area contributed by atoms with Crippen molar-refractivity contribution in [2.24, 2.45) is 0 Å². The van der Waals surface area contributed by atoms with Crippen LogP contribution in [0.5, 0.6) is 0 Å². The number of nitrogens with zero attached hydrogens (tertiary/aromatic N) is 4. The SMILES string of the molecule is C[C@H]1CN(Cc2ccco2)CCN1C(=O)c1cnccn1. The molecule has 0 unspecified atom stereocenters. The Morgan fingerprint density at radius 2 is 2.33 bits per heavy atom. The van der Waals surface area contributed by atoms with E-state index in [-0.39, 0.29) is 11.9 Å². The molecule has 1 aliphatic rings. The third kappa shape index (κ3) is 3.11. The van der Waals surface area contributed by atoms with Crippen molar-refractivity contribution in [1.82, 2.24) is 19.8 Å². The molecule has 6 heteroatoms. The molecule has 0 saturated carbocycles. The van der Waals surface area contributed by atoms with Gasteiger partial charge in [-0.25, -0.2) is 4.98 Å². The van der Waals surface area contributed by atoms with Gasteiger partial charge in [0.25, 0.3) is 5.91 Å². The van der Waals surface area contributed by atoms with Crippen LogP contribution in [-0.4, -0.2) is 51.4 Å². The topological polar surface area (TPSA) is 62.5 Å². The van der Waals surface area contributed by atoms with E-state index in [1.165, 1.54) is 6.20 Å². The number of rotatable bonds is 3. The normalized spacial score (nSPS) is 19.7. The quantitative estimate of drug-likeness (QED) is 0.854. The first-order valence-electron chi connectivity index (χ1n) is 7.06. The standard InChI is InChI=1S/C15H18N4O2/c1-12-10-18(11-13-3-2-8-21-13)6-7-19(12)15(20)14-9-16-4-5-17-14/h2-5,8-9,12H,6-7,10-11H2,1H3/t12-/m0/s1. The van der Waals surface area contributed by atoms with E-state index in [0.29, 0.717) is 12.2 Å². The highest BCUT2D eigenvalue weighted by atomic mass is 16.3. The van der Waals surface area contributed by atoms with Crippen LogP contribution in [0.25, 0.3) is 0 Å². The molecule has 110 valence electrons. The zero-order valence-electron chi connectivity index (χ0n) is 12.0. The fourth-order valence-corrected chi connectivity index (χ4v) is 2.66. The van der Waals surface area contributed by atoms with E-state index in [1.54, 1.807) is 18.7 Å². The predicted octanol–water partition coefficient (Wildman–Crippen LogP) is 1.42. The summed E-state index contributed by atoms with van der Waals surface area (Å²) in [5.74, 6) is 0.907. The van der Waals surface area contributed by atoms with Crippen LogP contribution in [0.15, 0.2) is 41.4 Å². The van der Waals surface area contributed by atoms with Gasteiger partial charge in [-0.3, -0.25) is 14.7 Å². The molecule has 2 aromatic heterocycles. The number of aromatic nitrogens is 2. The highest BCUT2D eigenvalue weighted by Gasteiger charge is 2.29. The maximum absolute atomic E-state index is 12.4. The monoisotopic (exact) mass is 286 g/mol. The average Bonchev–Trinajstić information content (AvgIpc) is 3.01. The predicted molar refractivity (Wildman–Crippen MR) is 76.5 cm³/mol. The van der Waals surface area contributed by atoms with Crippen LogP contribution in [0.1, 0.15) is 23.2 Å². The summed E-state index contributed by atoms with van der Waals surface area (Å²) in [5, 5.41) is 0. The molecule has 1 aliphatic heterocycles. The van der Waals surface area contributed by atoms with Gasteiger partial charge in [-0.05, 0) is 19.1 Å². The minimum Gasteiger partial charge on any atom is -0.468 e. The summed E-state index contributed by atoms with van der Waals surface area (Å²) in [6.07, 6.45) is 6.32. The Kier molecular flexibility index (Phi) is 3.96. The lowest BCUT2D eigenvalue weighted by Crippen LogP contribution is -2.53. The molecule has 1 fully saturated rings. The number of piperazine rings is 1. The molecule has 1 saturated heterocycles. The molecule has 0 aromatic carbocycles. The number of carbonyl (C=O) groups excluding carboxylic acids is 1. The lowest BCUT2D eigenvalue weighted by atomic mass is 10.1. The van der Waals surface area contributed by atoms with Gasteiger partial charge in [0.15, 0.2) is 0 Å². The van der Waals surface area contributed by atoms with Gasteiger partial charge < -0.3 is 9.32 Å². The maximum atomic E-state index is 12.4. The van der Waals surface area contributed by atoms with Crippen molar-refractivity contribution in [3.8, 4) is 0 Å². The maximum Gasteiger partial charge on any atom is 0.274 e. The van der Waals surface area contributed by atoms with E-state index in [1.807, 2.05) is 17.0 Å². The third-order valence-electron chi connectivity index (χ3n) is 3.71. The Labute approximate surface area is 123 Å². The van der Waals surface area contributed by atoms with Crippen molar-refractivity contribution < 1.29 is 9.21 Å². The highest BCUT2D eigenvalue weighted by Crippen LogP contribution is 2.15. The largest absolute Gasteiger partial charge is 0.468 e. The summed E-state index contributed by atoms with van der Waals surface area (Å²) in [6, 6.07) is 4.01. The highest BCUT2D eigenvalue weighted by molar-refractivity contribution is 5.92. The molecule has 2 aromatic rings. The molecule has 1 amide bonds. The van der Waals surface area contributed by atoms with Crippen LogP contribution in [-0.2, 0) is 6.54 Å². The summed E-state index contributed by atoms with van der Waals surface area (Å²) < 4.78 is 5.37. The average molecular weight is 286 g/mol. The summed E-state index contributed by atoms with van der Waals surface area (Å²) in [5.41, 5.74) is 0.406. The van der Waals surface area contributed by atoms with Gasteiger partial charge in [-0.15, -0.1) is 0 Å². The van der Waals surface area contributed by atoms with Gasteiger partial charge in [0, 0.05) is 38.1 Å². The molecule has 0 aliphatic carbocycles. The lowest BCUT2D eigenvalue weighted by molar-refractivity contribution is 0.0457. The molecule has 3 rings (SSSR count). The van der Waals surface area contributed by atoms with E-state index < -0.39 is 0 Å². The summed E-state index contributed by atoms with van der Waals surface area (Å²) in [4.78, 5) is 24.6. The Morgan fingerprint density at radius 1 is 1.43 bits per heavy atom. The van der Waals surface area contributed by atoms with E-state index in [2.05, 4.69) is 21.8 Å². The molecule has 0 spiro atoms. The fourth-order valence-electron chi connectivity index (χ4n) is 2.66. The molecule has 0 N–H and O–H groups in total. The van der Waals surface area contributed by atoms with Gasteiger partial charge in [0.2, 0.25) is 0 Å². The van der Waals surface area contributed by atoms with E-state index >= 15 is 0 Å². The number of hydrogen-bond acceptors (Lipinski definition) is 5. The number of furan rings is 1. The van der Waals surface area contributed by atoms with Gasteiger partial charge in [0.05, 0.1) is 19.0 Å². The van der Waals surface area contributed by atoms with Crippen LogP contribution >= 0.6 is 0 Å². The zero-order chi connectivity index (χ0) is 14.7. The Balaban J connectivity index is 1.62. The zero-order valence-corrected chi connectivity index (χ0v) is 12.0. The Morgan fingerprint density at radius 3 is 3.00 bits per heavy atom.